The Kier molecular flexibility index (Phi) is 4.78. The predicted octanol–water partition coefficient (Wildman–Crippen LogP) is 1.49. The molecule has 3 atom stereocenters. The third-order valence-electron chi connectivity index (χ3n) is 5.17. The summed E-state index contributed by atoms with van der Waals surface area (Å²) in [4.78, 5) is 25.1. The van der Waals surface area contributed by atoms with Gasteiger partial charge in [0.15, 0.2) is 0 Å². The van der Waals surface area contributed by atoms with Crippen LogP contribution in [0.1, 0.15) is 10.4 Å². The topological polar surface area (TPSA) is 70.6 Å². The van der Waals surface area contributed by atoms with Crippen LogP contribution in [0, 0.1) is 11.8 Å². The molecule has 7 nitrogen and oxygen atoms in total. The number of hydrogen-bond acceptors (Lipinski definition) is 7. The first kappa shape index (κ1) is 17.2. The van der Waals surface area contributed by atoms with Gasteiger partial charge in [0.1, 0.15) is 18.0 Å². The Morgan fingerprint density at radius 3 is 3.08 bits per heavy atom. The molecule has 2 fully saturated rings. The molecule has 2 aliphatic heterocycles. The number of fused-ring (bicyclic) bond motifs is 1. The highest BCUT2D eigenvalue weighted by molar-refractivity contribution is 7.08. The van der Waals surface area contributed by atoms with Gasteiger partial charge >= 0.3 is 0 Å². The molecule has 0 aliphatic carbocycles. The minimum atomic E-state index is -0.00372. The Labute approximate surface area is 157 Å². The third kappa shape index (κ3) is 3.39. The molecule has 0 saturated carbocycles. The Morgan fingerprint density at radius 2 is 2.31 bits per heavy atom. The van der Waals surface area contributed by atoms with Crippen molar-refractivity contribution in [1.29, 1.82) is 0 Å². The molecule has 0 bridgehead atoms. The van der Waals surface area contributed by atoms with Crippen LogP contribution in [0.2, 0.25) is 0 Å². The average molecular weight is 373 g/mol. The SMILES string of the molecule is CN(C)c1cc(N2C[C@H]3[C@@H](CNC(=O)c4ccsc4)CO[C@H]3C2)ncn1. The van der Waals surface area contributed by atoms with Crippen molar-refractivity contribution in [3.63, 3.8) is 0 Å². The molecule has 0 unspecified atom stereocenters. The van der Waals surface area contributed by atoms with Gasteiger partial charge in [0.2, 0.25) is 0 Å². The van der Waals surface area contributed by atoms with Crippen molar-refractivity contribution in [3.05, 3.63) is 34.8 Å². The molecule has 8 heteroatoms. The molecule has 26 heavy (non-hydrogen) atoms. The van der Waals surface area contributed by atoms with Gasteiger partial charge in [-0.25, -0.2) is 9.97 Å². The van der Waals surface area contributed by atoms with Gasteiger partial charge in [-0.05, 0) is 11.4 Å². The van der Waals surface area contributed by atoms with Crippen molar-refractivity contribution in [2.45, 2.75) is 6.10 Å². The highest BCUT2D eigenvalue weighted by atomic mass is 32.1. The summed E-state index contributed by atoms with van der Waals surface area (Å²) in [6.45, 7) is 3.09. The summed E-state index contributed by atoms with van der Waals surface area (Å²) >= 11 is 1.53. The predicted molar refractivity (Wildman–Crippen MR) is 102 cm³/mol. The third-order valence-corrected chi connectivity index (χ3v) is 5.85. The summed E-state index contributed by atoms with van der Waals surface area (Å²) < 4.78 is 6.00. The number of rotatable bonds is 5. The highest BCUT2D eigenvalue weighted by Gasteiger charge is 2.44. The van der Waals surface area contributed by atoms with E-state index in [-0.39, 0.29) is 12.0 Å². The minimum absolute atomic E-state index is 0.00372. The molecule has 2 aromatic heterocycles. The maximum Gasteiger partial charge on any atom is 0.252 e. The molecule has 2 aliphatic rings. The lowest BCUT2D eigenvalue weighted by Crippen LogP contribution is -2.34. The van der Waals surface area contributed by atoms with Gasteiger partial charge in [0.05, 0.1) is 12.7 Å². The summed E-state index contributed by atoms with van der Waals surface area (Å²) in [7, 11) is 3.94. The number of amides is 1. The van der Waals surface area contributed by atoms with E-state index in [9.17, 15) is 4.79 Å². The van der Waals surface area contributed by atoms with Gasteiger partial charge in [0.25, 0.3) is 5.91 Å². The van der Waals surface area contributed by atoms with E-state index in [2.05, 4.69) is 20.2 Å². The van der Waals surface area contributed by atoms with Crippen LogP contribution >= 0.6 is 11.3 Å². The van der Waals surface area contributed by atoms with Gasteiger partial charge in [-0.2, -0.15) is 11.3 Å². The fraction of sp³-hybridized carbons (Fsp3) is 0.500. The Hall–Kier alpha value is -2.19. The number of nitrogens with one attached hydrogen (secondary N) is 1. The van der Waals surface area contributed by atoms with Crippen LogP contribution < -0.4 is 15.1 Å². The van der Waals surface area contributed by atoms with Crippen LogP contribution in [0.3, 0.4) is 0 Å². The Balaban J connectivity index is 1.38. The normalized spacial score (nSPS) is 24.5. The summed E-state index contributed by atoms with van der Waals surface area (Å²) in [6, 6.07) is 3.86. The number of ether oxygens (including phenoxy) is 1. The number of carbonyl (C=O) groups is 1. The number of carbonyl (C=O) groups excluding carboxylic acids is 1. The molecule has 2 saturated heterocycles. The Morgan fingerprint density at radius 1 is 1.42 bits per heavy atom. The lowest BCUT2D eigenvalue weighted by molar-refractivity contribution is 0.0940. The van der Waals surface area contributed by atoms with E-state index in [0.717, 1.165) is 30.3 Å². The van der Waals surface area contributed by atoms with Crippen LogP contribution in [-0.2, 0) is 4.74 Å². The quantitative estimate of drug-likeness (QED) is 0.856. The first-order valence-corrected chi connectivity index (χ1v) is 9.72. The second-order valence-corrected chi connectivity index (χ2v) is 7.83. The first-order chi connectivity index (χ1) is 12.6. The van der Waals surface area contributed by atoms with Crippen molar-refractivity contribution in [2.24, 2.45) is 11.8 Å². The van der Waals surface area contributed by atoms with Gasteiger partial charge in [-0.1, -0.05) is 0 Å². The summed E-state index contributed by atoms with van der Waals surface area (Å²) in [6.07, 6.45) is 1.81. The monoisotopic (exact) mass is 373 g/mol. The van der Waals surface area contributed by atoms with Crippen LogP contribution in [0.25, 0.3) is 0 Å². The molecular formula is C18H23N5O2S. The zero-order valence-electron chi connectivity index (χ0n) is 15.0. The van der Waals surface area contributed by atoms with Crippen molar-refractivity contribution in [1.82, 2.24) is 15.3 Å². The number of nitrogens with zero attached hydrogens (tertiary/aromatic N) is 4. The van der Waals surface area contributed by atoms with Gasteiger partial charge < -0.3 is 19.9 Å². The number of anilines is 2. The van der Waals surface area contributed by atoms with Gasteiger partial charge in [-0.15, -0.1) is 0 Å². The lowest BCUT2D eigenvalue weighted by atomic mass is 9.93. The van der Waals surface area contributed by atoms with E-state index in [1.807, 2.05) is 41.9 Å². The number of aromatic nitrogens is 2. The molecule has 4 rings (SSSR count). The fourth-order valence-electron chi connectivity index (χ4n) is 3.67. The zero-order chi connectivity index (χ0) is 18.1. The van der Waals surface area contributed by atoms with E-state index in [1.165, 1.54) is 11.3 Å². The van der Waals surface area contributed by atoms with Crippen LogP contribution in [-0.4, -0.2) is 62.3 Å². The molecule has 1 amide bonds. The molecule has 0 spiro atoms. The standard InChI is InChI=1S/C18H23N5O2S/c1-22(2)16-5-17(21-11-20-16)23-7-14-13(9-25-15(14)8-23)6-19-18(24)12-3-4-26-10-12/h3-5,10-11,13-15H,6-9H2,1-2H3,(H,19,24)/t13-,14-,15-/m0/s1. The molecule has 2 aromatic rings. The Bertz CT molecular complexity index is 767. The van der Waals surface area contributed by atoms with Crippen molar-refractivity contribution < 1.29 is 9.53 Å². The van der Waals surface area contributed by atoms with E-state index in [4.69, 9.17) is 4.74 Å². The average Bonchev–Trinajstić information content (AvgIpc) is 3.37. The molecule has 0 radical (unpaired) electrons. The van der Waals surface area contributed by atoms with Crippen LogP contribution in [0.15, 0.2) is 29.2 Å². The maximum atomic E-state index is 12.2. The van der Waals surface area contributed by atoms with E-state index in [1.54, 1.807) is 6.33 Å². The molecule has 0 aromatic carbocycles. The molecule has 1 N–H and O–H groups in total. The van der Waals surface area contributed by atoms with E-state index < -0.39 is 0 Å². The minimum Gasteiger partial charge on any atom is -0.376 e. The van der Waals surface area contributed by atoms with Crippen molar-refractivity contribution >= 4 is 28.9 Å². The van der Waals surface area contributed by atoms with E-state index >= 15 is 0 Å². The molecular weight excluding hydrogens is 350 g/mol. The largest absolute Gasteiger partial charge is 0.376 e. The summed E-state index contributed by atoms with van der Waals surface area (Å²) in [5, 5.41) is 6.85. The molecule has 4 heterocycles. The van der Waals surface area contributed by atoms with Gasteiger partial charge in [0, 0.05) is 62.6 Å². The maximum absolute atomic E-state index is 12.2. The second kappa shape index (κ2) is 7.20. The number of thiophene rings is 1. The summed E-state index contributed by atoms with van der Waals surface area (Å²) in [5.41, 5.74) is 0.732. The fourth-order valence-corrected chi connectivity index (χ4v) is 4.31. The van der Waals surface area contributed by atoms with Gasteiger partial charge in [-0.3, -0.25) is 4.79 Å². The van der Waals surface area contributed by atoms with Crippen molar-refractivity contribution in [3.8, 4) is 0 Å². The second-order valence-electron chi connectivity index (χ2n) is 7.05. The lowest BCUT2D eigenvalue weighted by Gasteiger charge is -2.22. The van der Waals surface area contributed by atoms with Crippen LogP contribution in [0.4, 0.5) is 11.6 Å². The molecule has 138 valence electrons. The summed E-state index contributed by atoms with van der Waals surface area (Å²) in [5.74, 6) is 2.57. The van der Waals surface area contributed by atoms with Crippen molar-refractivity contribution in [2.75, 3.05) is 50.1 Å². The zero-order valence-corrected chi connectivity index (χ0v) is 15.8. The smallest absolute Gasteiger partial charge is 0.252 e. The highest BCUT2D eigenvalue weighted by Crippen LogP contribution is 2.35. The van der Waals surface area contributed by atoms with Crippen LogP contribution in [0.5, 0.6) is 0 Å². The van der Waals surface area contributed by atoms with E-state index in [0.29, 0.717) is 25.0 Å². The number of hydrogen-bond donors (Lipinski definition) is 1. The first-order valence-electron chi connectivity index (χ1n) is 8.78.